The molecule has 1 aromatic rings. The number of rotatable bonds is 5. The van der Waals surface area contributed by atoms with Crippen molar-refractivity contribution in [3.63, 3.8) is 0 Å². The van der Waals surface area contributed by atoms with Crippen molar-refractivity contribution in [2.45, 2.75) is 6.42 Å². The molecular formula is C9H12FN3O2. The third-order valence-corrected chi connectivity index (χ3v) is 1.85. The van der Waals surface area contributed by atoms with Crippen LogP contribution in [0.15, 0.2) is 18.2 Å². The van der Waals surface area contributed by atoms with E-state index in [0.29, 0.717) is 19.5 Å². The molecule has 6 heteroatoms. The van der Waals surface area contributed by atoms with Gasteiger partial charge in [0.15, 0.2) is 0 Å². The number of nitro benzene ring substituents is 1. The summed E-state index contributed by atoms with van der Waals surface area (Å²) in [5.41, 5.74) is 5.33. The molecule has 0 aliphatic carbocycles. The SMILES string of the molecule is NCCCNc1cc(F)ccc1[N+](=O)[O-]. The molecule has 3 N–H and O–H groups in total. The molecule has 0 fully saturated rings. The summed E-state index contributed by atoms with van der Waals surface area (Å²) >= 11 is 0. The van der Waals surface area contributed by atoms with Gasteiger partial charge in [-0.2, -0.15) is 0 Å². The maximum absolute atomic E-state index is 12.8. The zero-order chi connectivity index (χ0) is 11.3. The summed E-state index contributed by atoms with van der Waals surface area (Å²) in [4.78, 5) is 10.0. The number of nitrogens with zero attached hydrogens (tertiary/aromatic N) is 1. The molecule has 82 valence electrons. The molecule has 0 saturated heterocycles. The Morgan fingerprint density at radius 3 is 2.87 bits per heavy atom. The lowest BCUT2D eigenvalue weighted by molar-refractivity contribution is -0.384. The summed E-state index contributed by atoms with van der Waals surface area (Å²) < 4.78 is 12.8. The molecule has 0 saturated carbocycles. The Hall–Kier alpha value is -1.69. The Morgan fingerprint density at radius 1 is 1.53 bits per heavy atom. The third kappa shape index (κ3) is 3.17. The molecule has 0 amide bonds. The molecule has 15 heavy (non-hydrogen) atoms. The van der Waals surface area contributed by atoms with Crippen molar-refractivity contribution in [1.29, 1.82) is 0 Å². The van der Waals surface area contributed by atoms with Crippen LogP contribution in [0.3, 0.4) is 0 Å². The van der Waals surface area contributed by atoms with E-state index in [1.165, 1.54) is 0 Å². The highest BCUT2D eigenvalue weighted by atomic mass is 19.1. The van der Waals surface area contributed by atoms with Gasteiger partial charge in [-0.25, -0.2) is 4.39 Å². The Balaban J connectivity index is 2.82. The third-order valence-electron chi connectivity index (χ3n) is 1.85. The van der Waals surface area contributed by atoms with E-state index >= 15 is 0 Å². The van der Waals surface area contributed by atoms with E-state index in [1.807, 2.05) is 0 Å². The minimum atomic E-state index is -0.551. The lowest BCUT2D eigenvalue weighted by atomic mass is 10.2. The zero-order valence-corrected chi connectivity index (χ0v) is 8.07. The number of halogens is 1. The fraction of sp³-hybridized carbons (Fsp3) is 0.333. The van der Waals surface area contributed by atoms with Crippen LogP contribution in [0.25, 0.3) is 0 Å². The van der Waals surface area contributed by atoms with E-state index in [9.17, 15) is 14.5 Å². The van der Waals surface area contributed by atoms with Crippen LogP contribution < -0.4 is 11.1 Å². The predicted octanol–water partition coefficient (Wildman–Crippen LogP) is 1.49. The summed E-state index contributed by atoms with van der Waals surface area (Å²) in [6.07, 6.45) is 0.674. The molecule has 5 nitrogen and oxygen atoms in total. The fourth-order valence-electron chi connectivity index (χ4n) is 1.13. The molecule has 0 unspecified atom stereocenters. The van der Waals surface area contributed by atoms with Gasteiger partial charge in [0, 0.05) is 18.7 Å². The Labute approximate surface area is 86.2 Å². The second-order valence-electron chi connectivity index (χ2n) is 2.99. The minimum Gasteiger partial charge on any atom is -0.379 e. The van der Waals surface area contributed by atoms with Crippen LogP contribution in [-0.2, 0) is 0 Å². The van der Waals surface area contributed by atoms with Crippen LogP contribution in [0, 0.1) is 15.9 Å². The summed E-state index contributed by atoms with van der Waals surface area (Å²) in [6, 6.07) is 3.31. The summed E-state index contributed by atoms with van der Waals surface area (Å²) in [5, 5.41) is 13.4. The first-order valence-electron chi connectivity index (χ1n) is 4.53. The largest absolute Gasteiger partial charge is 0.379 e. The average Bonchev–Trinajstić information content (AvgIpc) is 2.18. The topological polar surface area (TPSA) is 81.2 Å². The van der Waals surface area contributed by atoms with Gasteiger partial charge in [-0.05, 0) is 19.0 Å². The molecule has 0 aromatic heterocycles. The first-order valence-corrected chi connectivity index (χ1v) is 4.53. The van der Waals surface area contributed by atoms with Gasteiger partial charge in [0.05, 0.1) is 4.92 Å². The molecule has 0 heterocycles. The number of hydrogen-bond acceptors (Lipinski definition) is 4. The lowest BCUT2D eigenvalue weighted by Gasteiger charge is -2.05. The molecular weight excluding hydrogens is 201 g/mol. The quantitative estimate of drug-likeness (QED) is 0.441. The van der Waals surface area contributed by atoms with Crippen molar-refractivity contribution in [3.05, 3.63) is 34.1 Å². The van der Waals surface area contributed by atoms with Crippen LogP contribution in [0.1, 0.15) is 6.42 Å². The first-order chi connectivity index (χ1) is 7.15. The standard InChI is InChI=1S/C9H12FN3O2/c10-7-2-3-9(13(14)15)8(6-7)12-5-1-4-11/h2-3,6,12H,1,4-5,11H2. The maximum atomic E-state index is 12.8. The van der Waals surface area contributed by atoms with Gasteiger partial charge in [-0.1, -0.05) is 0 Å². The van der Waals surface area contributed by atoms with Crippen molar-refractivity contribution in [2.24, 2.45) is 5.73 Å². The molecule has 0 spiro atoms. The molecule has 0 atom stereocenters. The Bertz CT molecular complexity index is 357. The van der Waals surface area contributed by atoms with Crippen LogP contribution in [-0.4, -0.2) is 18.0 Å². The number of nitrogens with two attached hydrogens (primary N) is 1. The van der Waals surface area contributed by atoms with Gasteiger partial charge in [0.25, 0.3) is 5.69 Å². The summed E-state index contributed by atoms with van der Waals surface area (Å²) in [6.45, 7) is 0.969. The monoisotopic (exact) mass is 213 g/mol. The number of anilines is 1. The number of nitrogens with one attached hydrogen (secondary N) is 1. The number of nitro groups is 1. The smallest absolute Gasteiger partial charge is 0.292 e. The summed E-state index contributed by atoms with van der Waals surface area (Å²) in [5.74, 6) is -0.504. The Morgan fingerprint density at radius 2 is 2.27 bits per heavy atom. The van der Waals surface area contributed by atoms with Gasteiger partial charge < -0.3 is 11.1 Å². The van der Waals surface area contributed by atoms with Gasteiger partial charge in [-0.15, -0.1) is 0 Å². The van der Waals surface area contributed by atoms with Crippen molar-refractivity contribution in [1.82, 2.24) is 0 Å². The maximum Gasteiger partial charge on any atom is 0.292 e. The molecule has 1 aromatic carbocycles. The summed E-state index contributed by atoms with van der Waals surface area (Å²) in [7, 11) is 0. The molecule has 0 aliphatic heterocycles. The average molecular weight is 213 g/mol. The second-order valence-corrected chi connectivity index (χ2v) is 2.99. The lowest BCUT2D eigenvalue weighted by Crippen LogP contribution is -2.09. The van der Waals surface area contributed by atoms with E-state index in [2.05, 4.69) is 5.32 Å². The van der Waals surface area contributed by atoms with Crippen LogP contribution in [0.5, 0.6) is 0 Å². The van der Waals surface area contributed by atoms with Gasteiger partial charge in [0.1, 0.15) is 11.5 Å². The minimum absolute atomic E-state index is 0.131. The highest BCUT2D eigenvalue weighted by molar-refractivity contribution is 5.61. The fourth-order valence-corrected chi connectivity index (χ4v) is 1.13. The normalized spacial score (nSPS) is 10.0. The van der Waals surface area contributed by atoms with Crippen molar-refractivity contribution in [2.75, 3.05) is 18.4 Å². The van der Waals surface area contributed by atoms with E-state index in [4.69, 9.17) is 5.73 Å². The van der Waals surface area contributed by atoms with E-state index in [-0.39, 0.29) is 11.4 Å². The van der Waals surface area contributed by atoms with E-state index in [1.54, 1.807) is 0 Å². The Kier molecular flexibility index (Phi) is 3.99. The molecule has 0 aliphatic rings. The van der Waals surface area contributed by atoms with E-state index < -0.39 is 10.7 Å². The van der Waals surface area contributed by atoms with Crippen molar-refractivity contribution < 1.29 is 9.31 Å². The number of hydrogen-bond donors (Lipinski definition) is 2. The highest BCUT2D eigenvalue weighted by Crippen LogP contribution is 2.24. The molecule has 1 rings (SSSR count). The highest BCUT2D eigenvalue weighted by Gasteiger charge is 2.13. The second kappa shape index (κ2) is 5.26. The van der Waals surface area contributed by atoms with Gasteiger partial charge in [0.2, 0.25) is 0 Å². The molecule has 0 bridgehead atoms. The zero-order valence-electron chi connectivity index (χ0n) is 8.07. The van der Waals surface area contributed by atoms with Crippen LogP contribution >= 0.6 is 0 Å². The van der Waals surface area contributed by atoms with Crippen LogP contribution in [0.4, 0.5) is 15.8 Å². The van der Waals surface area contributed by atoms with Crippen molar-refractivity contribution in [3.8, 4) is 0 Å². The number of benzene rings is 1. The predicted molar refractivity (Wildman–Crippen MR) is 55.2 cm³/mol. The van der Waals surface area contributed by atoms with E-state index in [0.717, 1.165) is 18.2 Å². The van der Waals surface area contributed by atoms with Gasteiger partial charge in [-0.3, -0.25) is 10.1 Å². The van der Waals surface area contributed by atoms with Crippen LogP contribution in [0.2, 0.25) is 0 Å². The van der Waals surface area contributed by atoms with Crippen molar-refractivity contribution >= 4 is 11.4 Å². The first kappa shape index (κ1) is 11.4. The molecule has 0 radical (unpaired) electrons. The van der Waals surface area contributed by atoms with Gasteiger partial charge >= 0.3 is 0 Å².